The predicted octanol–water partition coefficient (Wildman–Crippen LogP) is 2.34. The third kappa shape index (κ3) is 6.34. The number of halogens is 3. The lowest BCUT2D eigenvalue weighted by molar-refractivity contribution is -0.153. The minimum absolute atomic E-state index is 0.0134. The van der Waals surface area contributed by atoms with Crippen molar-refractivity contribution in [3.05, 3.63) is 0 Å². The Bertz CT molecular complexity index is 504. The van der Waals surface area contributed by atoms with Crippen LogP contribution in [-0.4, -0.2) is 84.3 Å². The zero-order valence-corrected chi connectivity index (χ0v) is 15.6. The molecule has 6 nitrogen and oxygen atoms in total. The van der Waals surface area contributed by atoms with Crippen LogP contribution in [-0.2, 0) is 9.53 Å². The molecule has 2 rings (SSSR count). The van der Waals surface area contributed by atoms with Gasteiger partial charge in [-0.25, -0.2) is 4.79 Å². The van der Waals surface area contributed by atoms with Gasteiger partial charge in [0.05, 0.1) is 6.54 Å². The van der Waals surface area contributed by atoms with E-state index in [1.54, 1.807) is 30.6 Å². The van der Waals surface area contributed by atoms with Crippen LogP contribution in [0.4, 0.5) is 18.0 Å². The van der Waals surface area contributed by atoms with Crippen LogP contribution >= 0.6 is 0 Å². The van der Waals surface area contributed by atoms with Crippen molar-refractivity contribution in [1.29, 1.82) is 0 Å². The number of alkyl halides is 3. The maximum absolute atomic E-state index is 12.6. The second kappa shape index (κ2) is 8.02. The summed E-state index contributed by atoms with van der Waals surface area (Å²) < 4.78 is 42.6. The van der Waals surface area contributed by atoms with Crippen LogP contribution in [0.3, 0.4) is 0 Å². The van der Waals surface area contributed by atoms with Crippen LogP contribution in [0.1, 0.15) is 33.6 Å². The van der Waals surface area contributed by atoms with Gasteiger partial charge < -0.3 is 14.5 Å². The molecule has 0 N–H and O–H groups in total. The number of carbonyl (C=O) groups is 2. The summed E-state index contributed by atoms with van der Waals surface area (Å²) in [7, 11) is 0. The Kier molecular flexibility index (Phi) is 6.42. The van der Waals surface area contributed by atoms with E-state index in [4.69, 9.17) is 4.74 Å². The standard InChI is InChI=1S/C17H28F3N3O3/c1-16(2,3)26-15(25)23-6-4-13(5-7-23)14(24)22-10-8-21(9-11-22)12-17(18,19)20/h13H,4-12H2,1-3H3. The first-order valence-corrected chi connectivity index (χ1v) is 9.00. The number of amides is 2. The van der Waals surface area contributed by atoms with Crippen LogP contribution in [0.2, 0.25) is 0 Å². The molecule has 2 heterocycles. The Hall–Kier alpha value is -1.51. The Morgan fingerprint density at radius 2 is 1.46 bits per heavy atom. The molecule has 150 valence electrons. The van der Waals surface area contributed by atoms with E-state index in [2.05, 4.69) is 0 Å². The molecule has 0 aliphatic carbocycles. The summed E-state index contributed by atoms with van der Waals surface area (Å²) in [5, 5.41) is 0. The van der Waals surface area contributed by atoms with Crippen LogP contribution in [0.25, 0.3) is 0 Å². The number of rotatable bonds is 2. The van der Waals surface area contributed by atoms with Crippen molar-refractivity contribution in [2.75, 3.05) is 45.8 Å². The average molecular weight is 379 g/mol. The van der Waals surface area contributed by atoms with Gasteiger partial charge in [-0.1, -0.05) is 0 Å². The third-order valence-corrected chi connectivity index (χ3v) is 4.58. The van der Waals surface area contributed by atoms with Crippen molar-refractivity contribution in [3.8, 4) is 0 Å². The second-order valence-electron chi connectivity index (χ2n) is 7.96. The van der Waals surface area contributed by atoms with Crippen molar-refractivity contribution in [1.82, 2.24) is 14.7 Å². The maximum atomic E-state index is 12.6. The molecule has 2 fully saturated rings. The predicted molar refractivity (Wildman–Crippen MR) is 89.6 cm³/mol. The largest absolute Gasteiger partial charge is 0.444 e. The highest BCUT2D eigenvalue weighted by Gasteiger charge is 2.35. The number of hydrogen-bond acceptors (Lipinski definition) is 4. The fourth-order valence-electron chi connectivity index (χ4n) is 3.27. The van der Waals surface area contributed by atoms with E-state index in [1.807, 2.05) is 0 Å². The van der Waals surface area contributed by atoms with Crippen LogP contribution < -0.4 is 0 Å². The molecule has 26 heavy (non-hydrogen) atoms. The summed E-state index contributed by atoms with van der Waals surface area (Å²) in [4.78, 5) is 29.2. The van der Waals surface area contributed by atoms with Crippen LogP contribution in [0.5, 0.6) is 0 Å². The second-order valence-corrected chi connectivity index (χ2v) is 7.96. The molecule has 9 heteroatoms. The fourth-order valence-corrected chi connectivity index (χ4v) is 3.27. The molecule has 0 radical (unpaired) electrons. The van der Waals surface area contributed by atoms with E-state index in [-0.39, 0.29) is 31.0 Å². The van der Waals surface area contributed by atoms with Gasteiger partial charge in [-0.3, -0.25) is 9.69 Å². The first-order chi connectivity index (χ1) is 11.9. The molecule has 0 bridgehead atoms. The molecule has 0 aromatic heterocycles. The van der Waals surface area contributed by atoms with E-state index in [1.165, 1.54) is 4.90 Å². The monoisotopic (exact) mass is 379 g/mol. The minimum atomic E-state index is -4.21. The molecular weight excluding hydrogens is 351 g/mol. The summed E-state index contributed by atoms with van der Waals surface area (Å²) in [6.45, 7) is 6.52. The average Bonchev–Trinajstić information content (AvgIpc) is 2.52. The van der Waals surface area contributed by atoms with Crippen molar-refractivity contribution in [2.45, 2.75) is 45.4 Å². The van der Waals surface area contributed by atoms with E-state index in [0.717, 1.165) is 0 Å². The molecule has 2 aliphatic rings. The molecule has 0 atom stereocenters. The van der Waals surface area contributed by atoms with Gasteiger partial charge in [-0.05, 0) is 33.6 Å². The van der Waals surface area contributed by atoms with Gasteiger partial charge in [0.15, 0.2) is 0 Å². The summed E-state index contributed by atoms with van der Waals surface area (Å²) >= 11 is 0. The number of piperidine rings is 1. The highest BCUT2D eigenvalue weighted by molar-refractivity contribution is 5.79. The van der Waals surface area contributed by atoms with Crippen molar-refractivity contribution < 1.29 is 27.5 Å². The Morgan fingerprint density at radius 1 is 0.923 bits per heavy atom. The molecule has 2 aliphatic heterocycles. The minimum Gasteiger partial charge on any atom is -0.444 e. The lowest BCUT2D eigenvalue weighted by Crippen LogP contribution is -2.53. The molecule has 0 aromatic carbocycles. The van der Waals surface area contributed by atoms with Crippen molar-refractivity contribution >= 4 is 12.0 Å². The molecule has 0 saturated carbocycles. The summed E-state index contributed by atoms with van der Waals surface area (Å²) in [5.74, 6) is -0.191. The molecule has 0 aromatic rings. The topological polar surface area (TPSA) is 53.1 Å². The SMILES string of the molecule is CC(C)(C)OC(=O)N1CCC(C(=O)N2CCN(CC(F)(F)F)CC2)CC1. The van der Waals surface area contributed by atoms with Gasteiger partial charge in [0.25, 0.3) is 0 Å². The Morgan fingerprint density at radius 3 is 1.92 bits per heavy atom. The van der Waals surface area contributed by atoms with Crippen LogP contribution in [0, 0.1) is 5.92 Å². The number of nitrogens with zero attached hydrogens (tertiary/aromatic N) is 3. The molecule has 0 spiro atoms. The molecule has 2 saturated heterocycles. The lowest BCUT2D eigenvalue weighted by Gasteiger charge is -2.38. The third-order valence-electron chi connectivity index (χ3n) is 4.58. The first-order valence-electron chi connectivity index (χ1n) is 9.00. The quantitative estimate of drug-likeness (QED) is 0.739. The van der Waals surface area contributed by atoms with E-state index in [0.29, 0.717) is 39.0 Å². The van der Waals surface area contributed by atoms with Gasteiger partial charge in [0.2, 0.25) is 5.91 Å². The van der Waals surface area contributed by atoms with Gasteiger partial charge in [0.1, 0.15) is 5.60 Å². The van der Waals surface area contributed by atoms with Gasteiger partial charge in [0, 0.05) is 45.2 Å². The molecule has 0 unspecified atom stereocenters. The number of piperazine rings is 1. The zero-order valence-electron chi connectivity index (χ0n) is 15.6. The maximum Gasteiger partial charge on any atom is 0.410 e. The molecule has 2 amide bonds. The smallest absolute Gasteiger partial charge is 0.410 e. The van der Waals surface area contributed by atoms with Crippen molar-refractivity contribution in [2.24, 2.45) is 5.92 Å². The Balaban J connectivity index is 1.76. The number of carbonyl (C=O) groups excluding carboxylic acids is 2. The van der Waals surface area contributed by atoms with Crippen molar-refractivity contribution in [3.63, 3.8) is 0 Å². The lowest BCUT2D eigenvalue weighted by atomic mass is 9.95. The number of hydrogen-bond donors (Lipinski definition) is 0. The highest BCUT2D eigenvalue weighted by atomic mass is 19.4. The molecular formula is C17H28F3N3O3. The fraction of sp³-hybridized carbons (Fsp3) is 0.882. The van der Waals surface area contributed by atoms with Gasteiger partial charge >= 0.3 is 12.3 Å². The summed E-state index contributed by atoms with van der Waals surface area (Å²) in [5.41, 5.74) is -0.556. The van der Waals surface area contributed by atoms with Gasteiger partial charge in [-0.15, -0.1) is 0 Å². The first kappa shape index (κ1) is 20.8. The van der Waals surface area contributed by atoms with E-state index >= 15 is 0 Å². The summed E-state index contributed by atoms with van der Waals surface area (Å²) in [6, 6.07) is 0. The van der Waals surface area contributed by atoms with Gasteiger partial charge in [-0.2, -0.15) is 13.2 Å². The summed E-state index contributed by atoms with van der Waals surface area (Å²) in [6.07, 6.45) is -3.47. The number of likely N-dealkylation sites (tertiary alicyclic amines) is 1. The number of ether oxygens (including phenoxy) is 1. The normalized spacial score (nSPS) is 21.0. The van der Waals surface area contributed by atoms with Crippen LogP contribution in [0.15, 0.2) is 0 Å². The highest BCUT2D eigenvalue weighted by Crippen LogP contribution is 2.23. The Labute approximate surface area is 152 Å². The zero-order chi connectivity index (χ0) is 19.5. The van der Waals surface area contributed by atoms with E-state index < -0.39 is 18.3 Å². The van der Waals surface area contributed by atoms with E-state index in [9.17, 15) is 22.8 Å².